The zero-order valence-corrected chi connectivity index (χ0v) is 13.4. The molecular formula is C15H18F2N4S. The summed E-state index contributed by atoms with van der Waals surface area (Å²) in [6, 6.07) is 4.05. The van der Waals surface area contributed by atoms with Gasteiger partial charge < -0.3 is 4.90 Å². The fourth-order valence-corrected chi connectivity index (χ4v) is 3.40. The molecule has 7 heteroatoms. The van der Waals surface area contributed by atoms with Crippen LogP contribution in [0.25, 0.3) is 0 Å². The molecule has 1 aromatic heterocycles. The number of anilines is 1. The van der Waals surface area contributed by atoms with Gasteiger partial charge in [0.1, 0.15) is 17.5 Å². The van der Waals surface area contributed by atoms with E-state index in [-0.39, 0.29) is 6.04 Å². The SMILES string of the molecule is Cc1nsc(N2CCN(Cc3ccc(F)cc3F)C(C)C2)n1. The normalized spacial score (nSPS) is 19.6. The van der Waals surface area contributed by atoms with Gasteiger partial charge in [-0.1, -0.05) is 6.07 Å². The van der Waals surface area contributed by atoms with Gasteiger partial charge in [-0.15, -0.1) is 0 Å². The number of piperazine rings is 1. The van der Waals surface area contributed by atoms with Gasteiger partial charge in [0, 0.05) is 55.4 Å². The summed E-state index contributed by atoms with van der Waals surface area (Å²) in [5, 5.41) is 0.942. The molecule has 3 rings (SSSR count). The molecule has 0 N–H and O–H groups in total. The molecular weight excluding hydrogens is 306 g/mol. The van der Waals surface area contributed by atoms with Crippen molar-refractivity contribution in [3.63, 3.8) is 0 Å². The van der Waals surface area contributed by atoms with E-state index >= 15 is 0 Å². The van der Waals surface area contributed by atoms with Crippen LogP contribution in [0.2, 0.25) is 0 Å². The first-order valence-corrected chi connectivity index (χ1v) is 8.03. The number of halogens is 2. The molecule has 0 spiro atoms. The minimum Gasteiger partial charge on any atom is -0.344 e. The van der Waals surface area contributed by atoms with Crippen LogP contribution in [0.3, 0.4) is 0 Å². The zero-order chi connectivity index (χ0) is 15.7. The van der Waals surface area contributed by atoms with Crippen LogP contribution in [0.4, 0.5) is 13.9 Å². The molecule has 1 unspecified atom stereocenters. The number of rotatable bonds is 3. The van der Waals surface area contributed by atoms with Crippen LogP contribution < -0.4 is 4.90 Å². The molecule has 2 heterocycles. The van der Waals surface area contributed by atoms with Crippen LogP contribution in [-0.2, 0) is 6.54 Å². The van der Waals surface area contributed by atoms with Gasteiger partial charge in [0.05, 0.1) is 0 Å². The molecule has 118 valence electrons. The van der Waals surface area contributed by atoms with Crippen LogP contribution in [0.5, 0.6) is 0 Å². The fourth-order valence-electron chi connectivity index (χ4n) is 2.69. The molecule has 22 heavy (non-hydrogen) atoms. The largest absolute Gasteiger partial charge is 0.344 e. The highest BCUT2D eigenvalue weighted by Gasteiger charge is 2.26. The molecule has 0 aliphatic carbocycles. The maximum absolute atomic E-state index is 13.8. The summed E-state index contributed by atoms with van der Waals surface area (Å²) in [6.45, 7) is 6.98. The maximum atomic E-state index is 13.8. The van der Waals surface area contributed by atoms with Gasteiger partial charge in [-0.25, -0.2) is 13.8 Å². The van der Waals surface area contributed by atoms with Gasteiger partial charge in [-0.2, -0.15) is 4.37 Å². The highest BCUT2D eigenvalue weighted by molar-refractivity contribution is 7.09. The Labute approximate surface area is 132 Å². The Kier molecular flexibility index (Phi) is 4.35. The topological polar surface area (TPSA) is 32.3 Å². The Bertz CT molecular complexity index is 661. The van der Waals surface area contributed by atoms with Crippen LogP contribution in [0.15, 0.2) is 18.2 Å². The smallest absolute Gasteiger partial charge is 0.205 e. The lowest BCUT2D eigenvalue weighted by Gasteiger charge is -2.39. The molecule has 2 aromatic rings. The van der Waals surface area contributed by atoms with Crippen molar-refractivity contribution < 1.29 is 8.78 Å². The van der Waals surface area contributed by atoms with Gasteiger partial charge in [0.15, 0.2) is 0 Å². The lowest BCUT2D eigenvalue weighted by Crippen LogP contribution is -2.51. The van der Waals surface area contributed by atoms with Crippen molar-refractivity contribution in [3.8, 4) is 0 Å². The van der Waals surface area contributed by atoms with E-state index in [4.69, 9.17) is 0 Å². The second kappa shape index (κ2) is 6.26. The number of benzene rings is 1. The Balaban J connectivity index is 1.65. The molecule has 0 saturated carbocycles. The first-order chi connectivity index (χ1) is 10.5. The number of hydrogen-bond donors (Lipinski definition) is 0. The van der Waals surface area contributed by atoms with Crippen molar-refractivity contribution in [2.24, 2.45) is 0 Å². The molecule has 0 radical (unpaired) electrons. The van der Waals surface area contributed by atoms with E-state index in [1.165, 1.54) is 23.7 Å². The number of hydrogen-bond acceptors (Lipinski definition) is 5. The van der Waals surface area contributed by atoms with Gasteiger partial charge in [-0.3, -0.25) is 4.90 Å². The molecule has 0 bridgehead atoms. The summed E-state index contributed by atoms with van der Waals surface area (Å²) < 4.78 is 31.0. The predicted molar refractivity (Wildman–Crippen MR) is 83.1 cm³/mol. The molecule has 1 aromatic carbocycles. The van der Waals surface area contributed by atoms with Crippen molar-refractivity contribution >= 4 is 16.7 Å². The summed E-state index contributed by atoms with van der Waals surface area (Å²) in [7, 11) is 0. The summed E-state index contributed by atoms with van der Waals surface area (Å²) in [5.41, 5.74) is 0.536. The predicted octanol–water partition coefficient (Wildman–Crippen LogP) is 2.84. The minimum atomic E-state index is -0.536. The van der Waals surface area contributed by atoms with E-state index in [1.807, 2.05) is 6.92 Å². The van der Waals surface area contributed by atoms with Gasteiger partial charge >= 0.3 is 0 Å². The van der Waals surface area contributed by atoms with Crippen molar-refractivity contribution in [1.29, 1.82) is 0 Å². The highest BCUT2D eigenvalue weighted by atomic mass is 32.1. The summed E-state index contributed by atoms with van der Waals surface area (Å²) in [4.78, 5) is 8.84. The first-order valence-electron chi connectivity index (χ1n) is 7.26. The second-order valence-corrected chi connectivity index (χ2v) is 6.36. The van der Waals surface area contributed by atoms with E-state index < -0.39 is 11.6 Å². The van der Waals surface area contributed by atoms with Crippen LogP contribution in [0, 0.1) is 18.6 Å². The van der Waals surface area contributed by atoms with Crippen molar-refractivity contribution in [2.75, 3.05) is 24.5 Å². The lowest BCUT2D eigenvalue weighted by molar-refractivity contribution is 0.179. The van der Waals surface area contributed by atoms with E-state index in [1.54, 1.807) is 0 Å². The van der Waals surface area contributed by atoms with E-state index in [2.05, 4.69) is 26.1 Å². The Morgan fingerprint density at radius 1 is 1.32 bits per heavy atom. The molecule has 0 amide bonds. The average molecular weight is 324 g/mol. The molecule has 1 aliphatic rings. The number of aromatic nitrogens is 2. The second-order valence-electron chi connectivity index (χ2n) is 5.63. The summed E-state index contributed by atoms with van der Waals surface area (Å²) in [5.74, 6) is -0.219. The van der Waals surface area contributed by atoms with Crippen molar-refractivity contribution in [1.82, 2.24) is 14.3 Å². The van der Waals surface area contributed by atoms with E-state index in [0.717, 1.165) is 36.7 Å². The molecule has 1 atom stereocenters. The summed E-state index contributed by atoms with van der Waals surface area (Å²) >= 11 is 1.41. The van der Waals surface area contributed by atoms with Gasteiger partial charge in [0.2, 0.25) is 5.13 Å². The third kappa shape index (κ3) is 3.25. The quantitative estimate of drug-likeness (QED) is 0.869. The highest BCUT2D eigenvalue weighted by Crippen LogP contribution is 2.22. The van der Waals surface area contributed by atoms with Crippen LogP contribution in [0.1, 0.15) is 18.3 Å². The van der Waals surface area contributed by atoms with E-state index in [9.17, 15) is 8.78 Å². The molecule has 1 aliphatic heterocycles. The molecule has 4 nitrogen and oxygen atoms in total. The monoisotopic (exact) mass is 324 g/mol. The molecule has 1 fully saturated rings. The van der Waals surface area contributed by atoms with Crippen molar-refractivity contribution in [2.45, 2.75) is 26.4 Å². The van der Waals surface area contributed by atoms with Gasteiger partial charge in [0.25, 0.3) is 0 Å². The lowest BCUT2D eigenvalue weighted by atomic mass is 10.1. The Morgan fingerprint density at radius 2 is 2.14 bits per heavy atom. The summed E-state index contributed by atoms with van der Waals surface area (Å²) in [6.07, 6.45) is 0. The fraction of sp³-hybridized carbons (Fsp3) is 0.467. The third-order valence-electron chi connectivity index (χ3n) is 3.94. The average Bonchev–Trinajstić information content (AvgIpc) is 2.90. The van der Waals surface area contributed by atoms with Crippen LogP contribution >= 0.6 is 11.5 Å². The number of aryl methyl sites for hydroxylation is 1. The van der Waals surface area contributed by atoms with E-state index in [0.29, 0.717) is 12.1 Å². The van der Waals surface area contributed by atoms with Crippen molar-refractivity contribution in [3.05, 3.63) is 41.2 Å². The first kappa shape index (κ1) is 15.3. The zero-order valence-electron chi connectivity index (χ0n) is 12.6. The Morgan fingerprint density at radius 3 is 2.77 bits per heavy atom. The molecule has 1 saturated heterocycles. The van der Waals surface area contributed by atoms with Crippen LogP contribution in [-0.4, -0.2) is 39.9 Å². The third-order valence-corrected chi connectivity index (χ3v) is 4.81. The minimum absolute atomic E-state index is 0.266. The van der Waals surface area contributed by atoms with Gasteiger partial charge in [-0.05, 0) is 19.9 Å². The maximum Gasteiger partial charge on any atom is 0.205 e. The standard InChI is InChI=1S/C15H18F2N4S/c1-10-8-21(15-18-11(2)19-22-15)6-5-20(10)9-12-3-4-13(16)7-14(12)17/h3-4,7,10H,5-6,8-9H2,1-2H3. The number of nitrogens with zero attached hydrogens (tertiary/aromatic N) is 4. The Hall–Kier alpha value is -1.60.